The highest BCUT2D eigenvalue weighted by Gasteiger charge is 2.36. The maximum atomic E-state index is 9.15. The summed E-state index contributed by atoms with van der Waals surface area (Å²) in [6.07, 6.45) is 0.0769. The van der Waals surface area contributed by atoms with Gasteiger partial charge in [-0.3, -0.25) is 5.32 Å². The zero-order valence-corrected chi connectivity index (χ0v) is 17.3. The van der Waals surface area contributed by atoms with Gasteiger partial charge in [-0.25, -0.2) is 0 Å². The summed E-state index contributed by atoms with van der Waals surface area (Å²) in [6.45, 7) is 12.5. The first-order valence-corrected chi connectivity index (χ1v) is 9.28. The van der Waals surface area contributed by atoms with Crippen LogP contribution in [0.5, 0.6) is 0 Å². The predicted octanol–water partition coefficient (Wildman–Crippen LogP) is 0.799. The zero-order chi connectivity index (χ0) is 20.2. The number of nitrogens with one attached hydrogen (secondary N) is 1. The third-order valence-corrected chi connectivity index (χ3v) is 3.78. The summed E-state index contributed by atoms with van der Waals surface area (Å²) in [6, 6.07) is 0. The van der Waals surface area contributed by atoms with Crippen molar-refractivity contribution in [2.75, 3.05) is 39.8 Å². The zero-order valence-electron chi connectivity index (χ0n) is 17.3. The molecule has 0 aromatic carbocycles. The van der Waals surface area contributed by atoms with Crippen molar-refractivity contribution in [2.24, 2.45) is 11.1 Å². The molecule has 0 heterocycles. The lowest BCUT2D eigenvalue weighted by Gasteiger charge is -2.37. The van der Waals surface area contributed by atoms with E-state index in [2.05, 4.69) is 5.32 Å². The van der Waals surface area contributed by atoms with E-state index in [1.54, 1.807) is 6.92 Å². The monoisotopic (exact) mass is 380 g/mol. The second-order valence-corrected chi connectivity index (χ2v) is 7.61. The molecule has 158 valence electrons. The molecule has 2 unspecified atom stereocenters. The molecule has 0 aromatic heterocycles. The van der Waals surface area contributed by atoms with Gasteiger partial charge < -0.3 is 34.9 Å². The van der Waals surface area contributed by atoms with Crippen LogP contribution in [0.25, 0.3) is 0 Å². The van der Waals surface area contributed by atoms with Gasteiger partial charge in [0.05, 0.1) is 50.8 Å². The van der Waals surface area contributed by atoms with Gasteiger partial charge in [-0.05, 0) is 41.5 Å². The Morgan fingerprint density at radius 2 is 1.38 bits per heavy atom. The van der Waals surface area contributed by atoms with E-state index in [4.69, 9.17) is 34.9 Å². The van der Waals surface area contributed by atoms with E-state index in [9.17, 15) is 0 Å². The van der Waals surface area contributed by atoms with Crippen molar-refractivity contribution in [3.05, 3.63) is 0 Å². The van der Waals surface area contributed by atoms with E-state index in [1.807, 2.05) is 34.6 Å². The Kier molecular flexibility index (Phi) is 12.8. The summed E-state index contributed by atoms with van der Waals surface area (Å²) in [5, 5.41) is 20.9. The van der Waals surface area contributed by atoms with E-state index >= 15 is 0 Å². The molecule has 2 atom stereocenters. The van der Waals surface area contributed by atoms with E-state index in [0.717, 1.165) is 0 Å². The van der Waals surface area contributed by atoms with Gasteiger partial charge in [-0.1, -0.05) is 0 Å². The molecular formula is C18H40N2O6. The van der Waals surface area contributed by atoms with Gasteiger partial charge in [-0.15, -0.1) is 0 Å². The average Bonchev–Trinajstić information content (AvgIpc) is 2.53. The molecule has 0 radical (unpaired) electrons. The van der Waals surface area contributed by atoms with Crippen molar-refractivity contribution >= 4 is 0 Å². The van der Waals surface area contributed by atoms with Crippen LogP contribution in [0, 0.1) is 5.41 Å². The van der Waals surface area contributed by atoms with Crippen LogP contribution in [0.4, 0.5) is 0 Å². The lowest BCUT2D eigenvalue weighted by molar-refractivity contribution is -0.162. The highest BCUT2D eigenvalue weighted by Crippen LogP contribution is 2.25. The Labute approximate surface area is 158 Å². The Bertz CT molecular complexity index is 341. The molecule has 0 amide bonds. The molecule has 0 aliphatic rings. The third-order valence-electron chi connectivity index (χ3n) is 3.78. The van der Waals surface area contributed by atoms with Crippen molar-refractivity contribution in [3.8, 4) is 0 Å². The van der Waals surface area contributed by atoms with Gasteiger partial charge in [0.2, 0.25) is 0 Å². The quantitative estimate of drug-likeness (QED) is 0.291. The highest BCUT2D eigenvalue weighted by atomic mass is 16.5. The topological polar surface area (TPSA) is 115 Å². The molecule has 26 heavy (non-hydrogen) atoms. The third kappa shape index (κ3) is 12.1. The number of rotatable bonds is 16. The maximum absolute atomic E-state index is 9.15. The molecule has 0 saturated carbocycles. The van der Waals surface area contributed by atoms with Crippen molar-refractivity contribution in [1.29, 1.82) is 0 Å². The van der Waals surface area contributed by atoms with Crippen LogP contribution in [-0.4, -0.2) is 74.1 Å². The van der Waals surface area contributed by atoms with Crippen molar-refractivity contribution < 1.29 is 29.2 Å². The normalized spacial score (nSPS) is 16.3. The summed E-state index contributed by atoms with van der Waals surface area (Å²) in [5.41, 5.74) is 4.57. The van der Waals surface area contributed by atoms with Crippen molar-refractivity contribution in [1.82, 2.24) is 5.32 Å². The van der Waals surface area contributed by atoms with Gasteiger partial charge in [0.15, 0.2) is 0 Å². The van der Waals surface area contributed by atoms with E-state index < -0.39 is 11.1 Å². The van der Waals surface area contributed by atoms with Crippen LogP contribution in [0.3, 0.4) is 0 Å². The smallest absolute Gasteiger partial charge is 0.116 e. The number of ether oxygens (including phenoxy) is 4. The van der Waals surface area contributed by atoms with Gasteiger partial charge >= 0.3 is 0 Å². The number of hydrogen-bond acceptors (Lipinski definition) is 8. The number of nitrogens with two attached hydrogens (primary N) is 1. The second-order valence-electron chi connectivity index (χ2n) is 7.61. The largest absolute Gasteiger partial charge is 0.396 e. The summed E-state index contributed by atoms with van der Waals surface area (Å²) in [4.78, 5) is 0. The molecule has 0 aliphatic heterocycles. The van der Waals surface area contributed by atoms with E-state index in [-0.39, 0.29) is 38.4 Å². The first-order chi connectivity index (χ1) is 12.1. The molecular weight excluding hydrogens is 340 g/mol. The van der Waals surface area contributed by atoms with Crippen LogP contribution < -0.4 is 11.1 Å². The minimum Gasteiger partial charge on any atom is -0.396 e. The molecule has 0 aliphatic carbocycles. The average molecular weight is 381 g/mol. The van der Waals surface area contributed by atoms with Gasteiger partial charge in [-0.2, -0.15) is 0 Å². The number of hydrogen-bond donors (Lipinski definition) is 4. The molecule has 0 saturated heterocycles. The number of aliphatic hydroxyl groups is 2. The first-order valence-electron chi connectivity index (χ1n) is 9.28. The van der Waals surface area contributed by atoms with Gasteiger partial charge in [0, 0.05) is 13.0 Å². The lowest BCUT2D eigenvalue weighted by atomic mass is 9.91. The minimum atomic E-state index is -0.954. The Hall–Kier alpha value is -0.320. The highest BCUT2D eigenvalue weighted by molar-refractivity contribution is 4.82. The second kappa shape index (κ2) is 13.0. The van der Waals surface area contributed by atoms with Crippen molar-refractivity contribution in [3.63, 3.8) is 0 Å². The van der Waals surface area contributed by atoms with Crippen LogP contribution in [0.1, 0.15) is 48.0 Å². The fraction of sp³-hybridized carbons (Fsp3) is 1.00. The maximum Gasteiger partial charge on any atom is 0.116 e. The fourth-order valence-corrected chi connectivity index (χ4v) is 2.04. The molecule has 8 nitrogen and oxygen atoms in total. The number of aliphatic hydroxyl groups excluding tert-OH is 2. The molecule has 0 spiro atoms. The Morgan fingerprint density at radius 3 is 1.81 bits per heavy atom. The minimum absolute atomic E-state index is 0.0446. The van der Waals surface area contributed by atoms with Gasteiger partial charge in [0.25, 0.3) is 0 Å². The van der Waals surface area contributed by atoms with Crippen LogP contribution in [-0.2, 0) is 18.9 Å². The predicted molar refractivity (Wildman–Crippen MR) is 100 cm³/mol. The molecule has 0 bridgehead atoms. The fourth-order valence-electron chi connectivity index (χ4n) is 2.04. The lowest BCUT2D eigenvalue weighted by Crippen LogP contribution is -2.49. The van der Waals surface area contributed by atoms with Crippen LogP contribution in [0.15, 0.2) is 0 Å². The van der Waals surface area contributed by atoms with Gasteiger partial charge in [0.1, 0.15) is 12.0 Å². The molecule has 0 fully saturated rings. The summed E-state index contributed by atoms with van der Waals surface area (Å²) in [7, 11) is 0. The summed E-state index contributed by atoms with van der Waals surface area (Å²) < 4.78 is 23.5. The van der Waals surface area contributed by atoms with E-state index in [1.165, 1.54) is 0 Å². The van der Waals surface area contributed by atoms with Crippen molar-refractivity contribution in [2.45, 2.75) is 72.1 Å². The molecule has 8 heteroatoms. The molecule has 5 N–H and O–H groups in total. The SMILES string of the molecule is CC(C)OCC(COC(C)C)(COC(C)NCO)COC(C)(N)CCO. The Morgan fingerprint density at radius 1 is 0.885 bits per heavy atom. The summed E-state index contributed by atoms with van der Waals surface area (Å²) in [5.74, 6) is 0. The standard InChI is InChI=1S/C18H40N2O6/c1-14(2)23-9-18(10-24-15(3)4,11-25-16(5)20-13-22)12-26-17(6,19)7-8-21/h14-16,20-22H,7-13,19H2,1-6H3. The molecule has 0 rings (SSSR count). The summed E-state index contributed by atoms with van der Waals surface area (Å²) >= 11 is 0. The van der Waals surface area contributed by atoms with E-state index in [0.29, 0.717) is 26.2 Å². The van der Waals surface area contributed by atoms with Crippen LogP contribution in [0.2, 0.25) is 0 Å². The van der Waals surface area contributed by atoms with Crippen LogP contribution >= 0.6 is 0 Å². The Balaban J connectivity index is 5.19. The first kappa shape index (κ1) is 25.7. The molecule has 0 aromatic rings.